The fraction of sp³-hybridized carbons (Fsp3) is 0.512. The van der Waals surface area contributed by atoms with Gasteiger partial charge in [-0.3, -0.25) is 24.0 Å². The number of aromatic nitrogens is 5. The van der Waals surface area contributed by atoms with Crippen molar-refractivity contribution in [1.82, 2.24) is 34.3 Å². The van der Waals surface area contributed by atoms with Crippen LogP contribution in [0.3, 0.4) is 0 Å². The normalized spacial score (nSPS) is 18.8. The molecule has 2 aliphatic rings. The van der Waals surface area contributed by atoms with E-state index in [0.717, 1.165) is 104 Å². The second-order valence-corrected chi connectivity index (χ2v) is 15.3. The van der Waals surface area contributed by atoms with Crippen molar-refractivity contribution in [2.24, 2.45) is 7.05 Å². The highest BCUT2D eigenvalue weighted by molar-refractivity contribution is 6.00. The highest BCUT2D eigenvalue weighted by atomic mass is 16.5. The molecule has 0 bridgehead atoms. The Bertz CT molecular complexity index is 2200. The van der Waals surface area contributed by atoms with Crippen molar-refractivity contribution in [3.8, 4) is 11.1 Å². The number of aliphatic hydroxyl groups is 1. The monoisotopic (exact) mass is 780 g/mol. The van der Waals surface area contributed by atoms with Crippen molar-refractivity contribution in [2.45, 2.75) is 95.9 Å². The first kappa shape index (κ1) is 40.3. The second-order valence-electron chi connectivity index (χ2n) is 15.3. The van der Waals surface area contributed by atoms with Crippen LogP contribution in [0.25, 0.3) is 33.2 Å². The Labute approximate surface area is 333 Å². The Morgan fingerprint density at radius 1 is 0.895 bits per heavy atom. The minimum Gasteiger partial charge on any atom is -0.393 e. The van der Waals surface area contributed by atoms with Crippen molar-refractivity contribution in [2.75, 3.05) is 44.8 Å². The molecule has 3 aromatic heterocycles. The largest absolute Gasteiger partial charge is 0.393 e. The van der Waals surface area contributed by atoms with Crippen molar-refractivity contribution < 1.29 is 24.2 Å². The van der Waals surface area contributed by atoms with Crippen LogP contribution in [0.4, 0.5) is 5.95 Å². The molecule has 4 N–H and O–H groups in total. The fourth-order valence-electron chi connectivity index (χ4n) is 8.01. The molecular formula is C43H56N8O6. The number of unbranched alkanes of at least 4 members (excludes halogenated alkanes) is 1. The minimum atomic E-state index is -0.687. The molecule has 304 valence electrons. The number of amides is 2. The summed E-state index contributed by atoms with van der Waals surface area (Å²) in [5, 5.41) is 20.4. The molecule has 0 unspecified atom stereocenters. The van der Waals surface area contributed by atoms with Gasteiger partial charge in [0.15, 0.2) is 0 Å². The van der Waals surface area contributed by atoms with Gasteiger partial charge < -0.3 is 29.8 Å². The van der Waals surface area contributed by atoms with Gasteiger partial charge in [-0.2, -0.15) is 4.98 Å². The van der Waals surface area contributed by atoms with E-state index in [2.05, 4.69) is 62.9 Å². The molecule has 1 saturated heterocycles. The third-order valence-corrected chi connectivity index (χ3v) is 11.3. The summed E-state index contributed by atoms with van der Waals surface area (Å²) in [6, 6.07) is 14.1. The summed E-state index contributed by atoms with van der Waals surface area (Å²) in [6.45, 7) is 6.72. The number of aryl methyl sites for hydroxylation is 2. The first-order chi connectivity index (χ1) is 27.8. The molecule has 14 heteroatoms. The Kier molecular flexibility index (Phi) is 13.5. The molecule has 2 amide bonds. The molecule has 1 saturated carbocycles. The smallest absolute Gasteiger partial charge is 0.329 e. The van der Waals surface area contributed by atoms with Gasteiger partial charge in [0, 0.05) is 69.1 Å². The summed E-state index contributed by atoms with van der Waals surface area (Å²) in [4.78, 5) is 46.7. The van der Waals surface area contributed by atoms with E-state index < -0.39 is 11.9 Å². The van der Waals surface area contributed by atoms with Gasteiger partial charge in [0.2, 0.25) is 17.8 Å². The number of piperidine rings is 1. The molecule has 1 atom stereocenters. The van der Waals surface area contributed by atoms with Crippen LogP contribution in [-0.4, -0.2) is 86.2 Å². The fourth-order valence-corrected chi connectivity index (χ4v) is 8.01. The van der Waals surface area contributed by atoms with E-state index in [0.29, 0.717) is 50.4 Å². The van der Waals surface area contributed by atoms with E-state index in [-0.39, 0.29) is 24.1 Å². The molecule has 14 nitrogen and oxygen atoms in total. The summed E-state index contributed by atoms with van der Waals surface area (Å²) in [5.74, 6) is -0.0696. The lowest BCUT2D eigenvalue weighted by molar-refractivity contribution is -0.135. The highest BCUT2D eigenvalue weighted by Gasteiger charge is 2.31. The molecule has 0 spiro atoms. The molecule has 5 aromatic rings. The summed E-state index contributed by atoms with van der Waals surface area (Å²) in [7, 11) is 1.71. The van der Waals surface area contributed by atoms with Gasteiger partial charge in [-0.1, -0.05) is 43.7 Å². The zero-order chi connectivity index (χ0) is 39.7. The van der Waals surface area contributed by atoms with Crippen molar-refractivity contribution in [3.05, 3.63) is 76.5 Å². The first-order valence-electron chi connectivity index (χ1n) is 20.6. The number of nitrogens with one attached hydrogen (secondary N) is 3. The number of imidazole rings is 1. The summed E-state index contributed by atoms with van der Waals surface area (Å²) in [5.41, 5.74) is 6.67. The predicted molar refractivity (Wildman–Crippen MR) is 220 cm³/mol. The third kappa shape index (κ3) is 9.63. The van der Waals surface area contributed by atoms with Crippen LogP contribution in [0.1, 0.15) is 87.9 Å². The standard InChI is InChI=1S/C43H56N8O6/c1-3-4-19-45-42-46-27-34-35(28-50(40(34)48-42)32-12-14-33(52)15-13-32)31-10-7-30(8-11-31)26-44-20-22-57-24-23-56-21-5-6-29-9-16-36-38(25-29)49(2)43(55)51(36)37-17-18-39(53)47-41(37)54/h7-11,16,25,27-28,32-33,37,44,52H,3-6,12-15,17-24,26H2,1-2H3,(H,45,46,48)(H,47,53,54)/t32-,33-,37-/m0/s1. The number of benzene rings is 2. The number of carbonyl (C=O) groups is 2. The third-order valence-electron chi connectivity index (χ3n) is 11.3. The van der Waals surface area contributed by atoms with E-state index in [4.69, 9.17) is 14.5 Å². The van der Waals surface area contributed by atoms with Gasteiger partial charge in [0.1, 0.15) is 11.7 Å². The number of carbonyl (C=O) groups excluding carboxylic acids is 2. The first-order valence-corrected chi connectivity index (χ1v) is 20.6. The van der Waals surface area contributed by atoms with Crippen LogP contribution < -0.4 is 21.6 Å². The second kappa shape index (κ2) is 19.0. The highest BCUT2D eigenvalue weighted by Crippen LogP contribution is 2.37. The van der Waals surface area contributed by atoms with E-state index in [9.17, 15) is 19.5 Å². The van der Waals surface area contributed by atoms with Gasteiger partial charge in [-0.05, 0) is 80.2 Å². The number of anilines is 1. The Balaban J connectivity index is 0.816. The Hall–Kier alpha value is -4.89. The number of hydrogen-bond donors (Lipinski definition) is 4. The summed E-state index contributed by atoms with van der Waals surface area (Å²) >= 11 is 0. The van der Waals surface area contributed by atoms with Crippen LogP contribution in [0.15, 0.2) is 59.7 Å². The average Bonchev–Trinajstić information content (AvgIpc) is 3.71. The lowest BCUT2D eigenvalue weighted by Gasteiger charge is -2.27. The van der Waals surface area contributed by atoms with Crippen LogP contribution in [0.2, 0.25) is 0 Å². The number of aliphatic hydroxyl groups excluding tert-OH is 1. The van der Waals surface area contributed by atoms with Crippen LogP contribution >= 0.6 is 0 Å². The van der Waals surface area contributed by atoms with Crippen molar-refractivity contribution >= 4 is 39.8 Å². The quantitative estimate of drug-likeness (QED) is 0.0649. The van der Waals surface area contributed by atoms with Gasteiger partial charge in [-0.15, -0.1) is 0 Å². The predicted octanol–water partition coefficient (Wildman–Crippen LogP) is 5.17. The zero-order valence-corrected chi connectivity index (χ0v) is 33.2. The van der Waals surface area contributed by atoms with Crippen LogP contribution in [0.5, 0.6) is 0 Å². The Morgan fingerprint density at radius 3 is 2.44 bits per heavy atom. The molecule has 57 heavy (non-hydrogen) atoms. The van der Waals surface area contributed by atoms with Crippen LogP contribution in [-0.2, 0) is 39.1 Å². The topological polar surface area (TPSA) is 167 Å². The van der Waals surface area contributed by atoms with E-state index in [1.165, 1.54) is 10.1 Å². The average molecular weight is 781 g/mol. The summed E-state index contributed by atoms with van der Waals surface area (Å²) < 4.78 is 17.0. The SMILES string of the molecule is CCCCNc1ncc2c(-c3ccc(CNCCOCCOCCCc4ccc5c(c4)n(C)c(=O)n5[C@H]4CCC(=O)NC4=O)cc3)cn([C@H]3CC[C@H](O)CC3)c2n1. The van der Waals surface area contributed by atoms with Crippen molar-refractivity contribution in [1.29, 1.82) is 0 Å². The number of nitrogens with zero attached hydrogens (tertiary/aromatic N) is 5. The summed E-state index contributed by atoms with van der Waals surface area (Å²) in [6.07, 6.45) is 11.8. The number of imide groups is 1. The molecule has 0 radical (unpaired) electrons. The van der Waals surface area contributed by atoms with Gasteiger partial charge in [-0.25, -0.2) is 9.78 Å². The Morgan fingerprint density at radius 2 is 1.67 bits per heavy atom. The van der Waals surface area contributed by atoms with Gasteiger partial charge >= 0.3 is 5.69 Å². The van der Waals surface area contributed by atoms with E-state index in [1.54, 1.807) is 11.6 Å². The van der Waals surface area contributed by atoms with Gasteiger partial charge in [0.25, 0.3) is 0 Å². The molecule has 7 rings (SSSR count). The molecule has 4 heterocycles. The van der Waals surface area contributed by atoms with E-state index in [1.807, 2.05) is 24.4 Å². The molecular weight excluding hydrogens is 725 g/mol. The number of hydrogen-bond acceptors (Lipinski definition) is 10. The molecule has 2 aromatic carbocycles. The maximum absolute atomic E-state index is 13.0. The van der Waals surface area contributed by atoms with Gasteiger partial charge in [0.05, 0.1) is 37.0 Å². The number of fused-ring (bicyclic) bond motifs is 2. The minimum absolute atomic E-state index is 0.208. The lowest BCUT2D eigenvalue weighted by Crippen LogP contribution is -2.44. The van der Waals surface area contributed by atoms with Crippen molar-refractivity contribution in [3.63, 3.8) is 0 Å². The number of ether oxygens (including phenoxy) is 2. The number of rotatable bonds is 19. The maximum atomic E-state index is 13.0. The zero-order valence-electron chi connectivity index (χ0n) is 33.2. The molecule has 2 fully saturated rings. The van der Waals surface area contributed by atoms with E-state index >= 15 is 0 Å². The molecule has 1 aliphatic carbocycles. The van der Waals surface area contributed by atoms with Crippen LogP contribution in [0, 0.1) is 0 Å². The lowest BCUT2D eigenvalue weighted by atomic mass is 9.93. The molecule has 1 aliphatic heterocycles. The maximum Gasteiger partial charge on any atom is 0.329 e.